The van der Waals surface area contributed by atoms with E-state index in [9.17, 15) is 4.39 Å². The van der Waals surface area contributed by atoms with E-state index < -0.39 is 6.30 Å². The molecule has 4 nitrogen and oxygen atoms in total. The first-order valence-corrected chi connectivity index (χ1v) is 5.59. The molecular weight excluding hydrogens is 219 g/mol. The van der Waals surface area contributed by atoms with Gasteiger partial charge < -0.3 is 16.4 Å². The highest BCUT2D eigenvalue weighted by Gasteiger charge is 2.04. The minimum Gasteiger partial charge on any atom is -0.370 e. The molecule has 1 atom stereocenters. The van der Waals surface area contributed by atoms with Gasteiger partial charge in [0.05, 0.1) is 0 Å². The summed E-state index contributed by atoms with van der Waals surface area (Å²) in [5.41, 5.74) is 7.41. The minimum absolute atomic E-state index is 0.283. The van der Waals surface area contributed by atoms with Crippen LogP contribution in [0, 0.1) is 12.3 Å². The quantitative estimate of drug-likeness (QED) is 0.261. The zero-order valence-electron chi connectivity index (χ0n) is 9.96. The molecule has 1 aromatic rings. The molecule has 1 aromatic carbocycles. The number of aryl methyl sites for hydroxylation is 1. The lowest BCUT2D eigenvalue weighted by Crippen LogP contribution is -2.38. The van der Waals surface area contributed by atoms with Crippen molar-refractivity contribution < 1.29 is 4.39 Å². The lowest BCUT2D eigenvalue weighted by Gasteiger charge is -2.10. The second-order valence-electron chi connectivity index (χ2n) is 3.98. The van der Waals surface area contributed by atoms with Gasteiger partial charge in [-0.05, 0) is 12.5 Å². The van der Waals surface area contributed by atoms with Crippen LogP contribution in [0.3, 0.4) is 0 Å². The van der Waals surface area contributed by atoms with Crippen molar-refractivity contribution in [3.05, 3.63) is 35.4 Å². The molecule has 94 valence electrons. The van der Waals surface area contributed by atoms with Crippen molar-refractivity contribution in [3.8, 4) is 0 Å². The fourth-order valence-electron chi connectivity index (χ4n) is 1.41. The predicted octanol–water partition coefficient (Wildman–Crippen LogP) is 1.25. The molecule has 0 fully saturated rings. The Morgan fingerprint density at radius 1 is 1.41 bits per heavy atom. The van der Waals surface area contributed by atoms with Crippen LogP contribution >= 0.6 is 0 Å². The van der Waals surface area contributed by atoms with E-state index in [2.05, 4.69) is 10.6 Å². The molecule has 0 saturated heterocycles. The molecule has 0 aliphatic heterocycles. The van der Waals surface area contributed by atoms with Crippen LogP contribution in [-0.2, 0) is 6.54 Å². The van der Waals surface area contributed by atoms with Crippen molar-refractivity contribution in [3.63, 3.8) is 0 Å². The lowest BCUT2D eigenvalue weighted by molar-refractivity contribution is 0.288. The number of halogens is 1. The average Bonchev–Trinajstić information content (AvgIpc) is 2.26. The predicted molar refractivity (Wildman–Crippen MR) is 67.4 cm³/mol. The lowest BCUT2D eigenvalue weighted by atomic mass is 10.1. The van der Waals surface area contributed by atoms with Crippen molar-refractivity contribution in [2.45, 2.75) is 26.2 Å². The van der Waals surface area contributed by atoms with Gasteiger partial charge in [0.25, 0.3) is 0 Å². The molecule has 0 spiro atoms. The van der Waals surface area contributed by atoms with Crippen LogP contribution in [0.15, 0.2) is 24.3 Å². The van der Waals surface area contributed by atoms with Gasteiger partial charge in [0, 0.05) is 19.5 Å². The maximum Gasteiger partial charge on any atom is 0.187 e. The molecule has 1 rings (SSSR count). The largest absolute Gasteiger partial charge is 0.370 e. The van der Waals surface area contributed by atoms with Crippen molar-refractivity contribution >= 4 is 5.96 Å². The third kappa shape index (κ3) is 5.87. The van der Waals surface area contributed by atoms with Crippen LogP contribution in [-0.4, -0.2) is 18.8 Å². The number of rotatable bonds is 6. The van der Waals surface area contributed by atoms with Gasteiger partial charge >= 0.3 is 0 Å². The molecule has 0 aliphatic carbocycles. The fraction of sp³-hybridized carbons (Fsp3) is 0.417. The SMILES string of the molecule is Cc1ccc(CNCCC(F)NC(=N)N)cc1. The van der Waals surface area contributed by atoms with Crippen molar-refractivity contribution in [2.24, 2.45) is 5.73 Å². The van der Waals surface area contributed by atoms with Crippen LogP contribution in [0.5, 0.6) is 0 Å². The highest BCUT2D eigenvalue weighted by atomic mass is 19.1. The Bertz CT molecular complexity index is 350. The Labute approximate surface area is 101 Å². The summed E-state index contributed by atoms with van der Waals surface area (Å²) in [6.45, 7) is 3.29. The number of nitrogens with one attached hydrogen (secondary N) is 3. The van der Waals surface area contributed by atoms with Gasteiger partial charge in [-0.25, -0.2) is 4.39 Å². The summed E-state index contributed by atoms with van der Waals surface area (Å²) < 4.78 is 13.1. The number of benzene rings is 1. The number of nitrogens with two attached hydrogens (primary N) is 1. The Hall–Kier alpha value is -1.62. The highest BCUT2D eigenvalue weighted by molar-refractivity contribution is 5.74. The number of hydrogen-bond donors (Lipinski definition) is 4. The topological polar surface area (TPSA) is 73.9 Å². The van der Waals surface area contributed by atoms with Crippen molar-refractivity contribution in [1.82, 2.24) is 10.6 Å². The standard InChI is InChI=1S/C12H19FN4/c1-9-2-4-10(5-3-9)8-16-7-6-11(13)17-12(14)15/h2-5,11,16H,6-8H2,1H3,(H4,14,15,17). The van der Waals surface area contributed by atoms with E-state index in [0.717, 1.165) is 0 Å². The van der Waals surface area contributed by atoms with E-state index in [1.807, 2.05) is 31.2 Å². The summed E-state index contributed by atoms with van der Waals surface area (Å²) in [5.74, 6) is -0.337. The third-order valence-electron chi connectivity index (χ3n) is 2.34. The summed E-state index contributed by atoms with van der Waals surface area (Å²) in [4.78, 5) is 0. The van der Waals surface area contributed by atoms with E-state index in [4.69, 9.17) is 11.1 Å². The van der Waals surface area contributed by atoms with Crippen LogP contribution in [0.25, 0.3) is 0 Å². The van der Waals surface area contributed by atoms with Crippen LogP contribution < -0.4 is 16.4 Å². The molecule has 5 heteroatoms. The summed E-state index contributed by atoms with van der Waals surface area (Å²) in [6, 6.07) is 8.19. The van der Waals surface area contributed by atoms with E-state index >= 15 is 0 Å². The van der Waals surface area contributed by atoms with E-state index in [1.165, 1.54) is 11.1 Å². The van der Waals surface area contributed by atoms with Crippen LogP contribution in [0.4, 0.5) is 4.39 Å². The summed E-state index contributed by atoms with van der Waals surface area (Å²) in [6.07, 6.45) is -0.983. The molecule has 0 saturated carbocycles. The third-order valence-corrected chi connectivity index (χ3v) is 2.34. The maximum absolute atomic E-state index is 13.1. The zero-order chi connectivity index (χ0) is 12.7. The monoisotopic (exact) mass is 238 g/mol. The van der Waals surface area contributed by atoms with Gasteiger partial charge in [0.1, 0.15) is 0 Å². The Morgan fingerprint density at radius 3 is 2.65 bits per heavy atom. The van der Waals surface area contributed by atoms with Gasteiger partial charge in [0.2, 0.25) is 0 Å². The minimum atomic E-state index is -1.27. The van der Waals surface area contributed by atoms with Gasteiger partial charge in [-0.1, -0.05) is 29.8 Å². The zero-order valence-corrected chi connectivity index (χ0v) is 9.96. The van der Waals surface area contributed by atoms with Crippen LogP contribution in [0.2, 0.25) is 0 Å². The molecule has 0 radical (unpaired) electrons. The Kier molecular flexibility index (Phi) is 5.42. The molecule has 0 aliphatic rings. The van der Waals surface area contributed by atoms with Gasteiger partial charge in [0.15, 0.2) is 12.3 Å². The Balaban J connectivity index is 2.15. The summed E-state index contributed by atoms with van der Waals surface area (Å²) in [5, 5.41) is 12.2. The van der Waals surface area contributed by atoms with E-state index in [1.54, 1.807) is 0 Å². The number of alkyl halides is 1. The molecule has 0 heterocycles. The number of guanidine groups is 1. The Morgan fingerprint density at radius 2 is 2.06 bits per heavy atom. The summed E-state index contributed by atoms with van der Waals surface area (Å²) >= 11 is 0. The number of hydrogen-bond acceptors (Lipinski definition) is 2. The average molecular weight is 238 g/mol. The first-order valence-electron chi connectivity index (χ1n) is 5.59. The normalized spacial score (nSPS) is 12.1. The summed E-state index contributed by atoms with van der Waals surface area (Å²) in [7, 11) is 0. The molecule has 0 amide bonds. The van der Waals surface area contributed by atoms with Crippen LogP contribution in [0.1, 0.15) is 17.5 Å². The van der Waals surface area contributed by atoms with E-state index in [0.29, 0.717) is 13.1 Å². The van der Waals surface area contributed by atoms with Gasteiger partial charge in [-0.3, -0.25) is 5.41 Å². The molecular formula is C12H19FN4. The van der Waals surface area contributed by atoms with Crippen molar-refractivity contribution in [2.75, 3.05) is 6.54 Å². The second-order valence-corrected chi connectivity index (χ2v) is 3.98. The fourth-order valence-corrected chi connectivity index (χ4v) is 1.41. The van der Waals surface area contributed by atoms with Gasteiger partial charge in [-0.2, -0.15) is 0 Å². The maximum atomic E-state index is 13.1. The smallest absolute Gasteiger partial charge is 0.187 e. The van der Waals surface area contributed by atoms with Gasteiger partial charge in [-0.15, -0.1) is 0 Å². The van der Waals surface area contributed by atoms with Crippen molar-refractivity contribution in [1.29, 1.82) is 5.41 Å². The molecule has 1 unspecified atom stereocenters. The second kappa shape index (κ2) is 6.85. The first kappa shape index (κ1) is 13.4. The highest BCUT2D eigenvalue weighted by Crippen LogP contribution is 2.02. The molecule has 17 heavy (non-hydrogen) atoms. The molecule has 0 bridgehead atoms. The van der Waals surface area contributed by atoms with E-state index in [-0.39, 0.29) is 12.4 Å². The molecule has 0 aromatic heterocycles. The molecule has 5 N–H and O–H groups in total. The first-order chi connectivity index (χ1) is 8.08.